The summed E-state index contributed by atoms with van der Waals surface area (Å²) < 4.78 is 30.2. The third kappa shape index (κ3) is 5.21. The van der Waals surface area contributed by atoms with E-state index >= 15 is 0 Å². The Balaban J connectivity index is 1.08. The zero-order valence-corrected chi connectivity index (χ0v) is 22.6. The van der Waals surface area contributed by atoms with Gasteiger partial charge in [0.05, 0.1) is 33.8 Å². The number of aliphatic hydroxyl groups is 1. The van der Waals surface area contributed by atoms with E-state index in [2.05, 4.69) is 15.5 Å². The molecule has 40 heavy (non-hydrogen) atoms. The highest BCUT2D eigenvalue weighted by Crippen LogP contribution is 2.35. The zero-order valence-electron chi connectivity index (χ0n) is 21.8. The van der Waals surface area contributed by atoms with Gasteiger partial charge in [0, 0.05) is 37.7 Å². The van der Waals surface area contributed by atoms with Crippen LogP contribution in [0.2, 0.25) is 0 Å². The number of aromatic nitrogens is 3. The van der Waals surface area contributed by atoms with Gasteiger partial charge >= 0.3 is 0 Å². The number of carbonyl (C=O) groups excluding carboxylic acids is 1. The molecule has 2 unspecified atom stereocenters. The number of aliphatic hydroxyl groups excluding tert-OH is 1. The van der Waals surface area contributed by atoms with Crippen LogP contribution in [0.3, 0.4) is 0 Å². The van der Waals surface area contributed by atoms with Crippen molar-refractivity contribution in [2.45, 2.75) is 51.0 Å². The van der Waals surface area contributed by atoms with Crippen LogP contribution in [0.5, 0.6) is 0 Å². The number of anilines is 1. The first-order valence-corrected chi connectivity index (χ1v) is 14.0. The fourth-order valence-corrected chi connectivity index (χ4v) is 6.35. The van der Waals surface area contributed by atoms with Gasteiger partial charge in [0.2, 0.25) is 11.9 Å². The van der Waals surface area contributed by atoms with Gasteiger partial charge in [-0.3, -0.25) is 15.0 Å². The van der Waals surface area contributed by atoms with Gasteiger partial charge in [0.25, 0.3) is 0 Å². The van der Waals surface area contributed by atoms with Crippen LogP contribution in [0.1, 0.15) is 54.5 Å². The van der Waals surface area contributed by atoms with E-state index in [1.54, 1.807) is 0 Å². The Labute approximate surface area is 233 Å². The van der Waals surface area contributed by atoms with Crippen LogP contribution in [0.15, 0.2) is 53.0 Å². The molecule has 0 radical (unpaired) electrons. The Morgan fingerprint density at radius 1 is 1.15 bits per heavy atom. The van der Waals surface area contributed by atoms with E-state index in [0.29, 0.717) is 30.4 Å². The lowest BCUT2D eigenvalue weighted by molar-refractivity contribution is -0.114. The molecular weight excluding hydrogens is 538 g/mol. The molecule has 2 aliphatic heterocycles. The van der Waals surface area contributed by atoms with E-state index in [0.717, 1.165) is 28.9 Å². The number of oxime groups is 1. The number of carbonyl (C=O) groups is 1. The number of nitrogens with one attached hydrogen (secondary N) is 1. The third-order valence-electron chi connectivity index (χ3n) is 7.40. The SMILES string of the molecule is CC(=O)Nc1nc2ccccc2n1CC(O)N1CCC(c2nc(C3=NOC(c4c(F)cccc4F)C3)cs2)CC1. The Morgan fingerprint density at radius 2 is 1.90 bits per heavy atom. The minimum Gasteiger partial charge on any atom is -0.387 e. The van der Waals surface area contributed by atoms with Crippen LogP contribution < -0.4 is 5.32 Å². The van der Waals surface area contributed by atoms with Crippen molar-refractivity contribution in [2.24, 2.45) is 5.16 Å². The topological polar surface area (TPSA) is 105 Å². The molecule has 0 saturated carbocycles. The summed E-state index contributed by atoms with van der Waals surface area (Å²) >= 11 is 1.54. The Hall–Kier alpha value is -3.74. The van der Waals surface area contributed by atoms with E-state index < -0.39 is 24.0 Å². The largest absolute Gasteiger partial charge is 0.387 e. The summed E-state index contributed by atoms with van der Waals surface area (Å²) in [5.74, 6) is -0.880. The monoisotopic (exact) mass is 566 g/mol. The van der Waals surface area contributed by atoms with Gasteiger partial charge in [-0.05, 0) is 37.1 Å². The fraction of sp³-hybridized carbons (Fsp3) is 0.357. The van der Waals surface area contributed by atoms with Crippen LogP contribution in [0, 0.1) is 11.6 Å². The smallest absolute Gasteiger partial charge is 0.223 e. The molecule has 2 aliphatic rings. The summed E-state index contributed by atoms with van der Waals surface area (Å²) in [6.07, 6.45) is 0.316. The van der Waals surface area contributed by atoms with Gasteiger partial charge in [0.1, 0.15) is 23.6 Å². The predicted octanol–water partition coefficient (Wildman–Crippen LogP) is 4.79. The number of thiazole rings is 1. The molecule has 4 heterocycles. The van der Waals surface area contributed by atoms with Crippen molar-refractivity contribution in [2.75, 3.05) is 18.4 Å². The van der Waals surface area contributed by atoms with Crippen molar-refractivity contribution in [3.63, 3.8) is 0 Å². The lowest BCUT2D eigenvalue weighted by Crippen LogP contribution is -2.43. The summed E-state index contributed by atoms with van der Waals surface area (Å²) in [5.41, 5.74) is 2.72. The average Bonchev–Trinajstić information content (AvgIpc) is 3.68. The summed E-state index contributed by atoms with van der Waals surface area (Å²) in [4.78, 5) is 28.4. The molecule has 2 aromatic heterocycles. The van der Waals surface area contributed by atoms with Crippen LogP contribution >= 0.6 is 11.3 Å². The van der Waals surface area contributed by atoms with Gasteiger partial charge < -0.3 is 14.5 Å². The third-order valence-corrected chi connectivity index (χ3v) is 8.40. The maximum Gasteiger partial charge on any atom is 0.223 e. The number of amides is 1. The quantitative estimate of drug-likeness (QED) is 0.333. The molecule has 2 N–H and O–H groups in total. The average molecular weight is 567 g/mol. The second-order valence-corrected chi connectivity index (χ2v) is 10.9. The van der Waals surface area contributed by atoms with Crippen molar-refractivity contribution in [3.05, 3.63) is 75.7 Å². The first-order valence-electron chi connectivity index (χ1n) is 13.1. The highest BCUT2D eigenvalue weighted by atomic mass is 32.1. The van der Waals surface area contributed by atoms with Crippen LogP contribution in [-0.2, 0) is 16.2 Å². The number of hydrogen-bond donors (Lipinski definition) is 2. The van der Waals surface area contributed by atoms with Gasteiger partial charge in [-0.25, -0.2) is 18.7 Å². The minimum atomic E-state index is -0.815. The second kappa shape index (κ2) is 11.0. The summed E-state index contributed by atoms with van der Waals surface area (Å²) in [6, 6.07) is 11.3. The van der Waals surface area contributed by atoms with Crippen molar-refractivity contribution < 1.29 is 23.5 Å². The first-order chi connectivity index (χ1) is 19.4. The van der Waals surface area contributed by atoms with E-state index in [4.69, 9.17) is 9.82 Å². The number of hydrogen-bond acceptors (Lipinski definition) is 8. The Morgan fingerprint density at radius 3 is 2.65 bits per heavy atom. The minimum absolute atomic E-state index is 0.115. The van der Waals surface area contributed by atoms with Crippen LogP contribution in [0.25, 0.3) is 11.0 Å². The number of nitrogens with zero attached hydrogens (tertiary/aromatic N) is 5. The number of halogens is 2. The molecule has 2 atom stereocenters. The molecule has 208 valence electrons. The molecule has 1 fully saturated rings. The molecule has 2 aromatic carbocycles. The molecular formula is C28H28F2N6O3S. The molecule has 0 bridgehead atoms. The lowest BCUT2D eigenvalue weighted by atomic mass is 9.97. The summed E-state index contributed by atoms with van der Waals surface area (Å²) in [5, 5.41) is 20.8. The van der Waals surface area contributed by atoms with Crippen molar-refractivity contribution in [1.82, 2.24) is 19.4 Å². The number of piperidine rings is 1. The Kier molecular flexibility index (Phi) is 7.30. The molecule has 0 spiro atoms. The van der Waals surface area contributed by atoms with E-state index in [9.17, 15) is 18.7 Å². The van der Waals surface area contributed by atoms with Crippen molar-refractivity contribution in [1.29, 1.82) is 0 Å². The zero-order chi connectivity index (χ0) is 27.8. The van der Waals surface area contributed by atoms with Gasteiger partial charge in [-0.1, -0.05) is 23.4 Å². The van der Waals surface area contributed by atoms with Crippen LogP contribution in [0.4, 0.5) is 14.7 Å². The Bertz CT molecular complexity index is 1560. The molecule has 9 nitrogen and oxygen atoms in total. The van der Waals surface area contributed by atoms with E-state index in [1.165, 1.54) is 36.5 Å². The van der Waals surface area contributed by atoms with Gasteiger partial charge in [0.15, 0.2) is 6.10 Å². The number of benzene rings is 2. The van der Waals surface area contributed by atoms with Crippen molar-refractivity contribution in [3.8, 4) is 0 Å². The molecule has 12 heteroatoms. The molecule has 1 amide bonds. The van der Waals surface area contributed by atoms with Gasteiger partial charge in [-0.15, -0.1) is 11.3 Å². The summed E-state index contributed by atoms with van der Waals surface area (Å²) in [7, 11) is 0. The second-order valence-electron chi connectivity index (χ2n) is 10.0. The first kappa shape index (κ1) is 26.5. The lowest BCUT2D eigenvalue weighted by Gasteiger charge is -2.34. The van der Waals surface area contributed by atoms with Gasteiger partial charge in [-0.2, -0.15) is 0 Å². The fourth-order valence-electron chi connectivity index (χ4n) is 5.35. The highest BCUT2D eigenvalue weighted by molar-refractivity contribution is 7.10. The molecule has 6 rings (SSSR count). The predicted molar refractivity (Wildman–Crippen MR) is 147 cm³/mol. The van der Waals surface area contributed by atoms with Crippen molar-refractivity contribution >= 4 is 39.9 Å². The molecule has 0 aliphatic carbocycles. The number of rotatable bonds is 7. The van der Waals surface area contributed by atoms with Crippen LogP contribution in [-0.4, -0.2) is 55.5 Å². The number of imidazole rings is 1. The standard InChI is InChI=1S/C28H28F2N6O3S/c1-16(37)31-28-33-20-7-2-3-8-23(20)36(28)14-25(38)35-11-9-17(10-12-35)27-32-22(15-40-27)21-13-24(39-34-21)26-18(29)5-4-6-19(26)30/h2-8,15,17,24-25,38H,9-14H2,1H3,(H,31,33,37). The number of likely N-dealkylation sites (tertiary alicyclic amines) is 1. The maximum atomic E-state index is 14.2. The highest BCUT2D eigenvalue weighted by Gasteiger charge is 2.32. The number of fused-ring (bicyclic) bond motifs is 1. The van der Waals surface area contributed by atoms with E-state index in [1.807, 2.05) is 39.1 Å². The summed E-state index contributed by atoms with van der Waals surface area (Å²) in [6.45, 7) is 3.07. The number of para-hydroxylation sites is 2. The normalized spacial score (nSPS) is 19.0. The van der Waals surface area contributed by atoms with E-state index in [-0.39, 0.29) is 30.4 Å². The molecule has 1 saturated heterocycles. The maximum absolute atomic E-state index is 14.2. The molecule has 4 aromatic rings.